The fourth-order valence-electron chi connectivity index (χ4n) is 1.07. The molecule has 0 spiro atoms. The summed E-state index contributed by atoms with van der Waals surface area (Å²) in [6, 6.07) is 5.88. The molecule has 74 valence electrons. The average molecular weight is 209 g/mol. The van der Waals surface area contributed by atoms with Gasteiger partial charge in [-0.2, -0.15) is 0 Å². The van der Waals surface area contributed by atoms with Crippen molar-refractivity contribution in [2.45, 2.75) is 13.3 Å². The Labute approximate surface area is 90.0 Å². The van der Waals surface area contributed by atoms with Gasteiger partial charge in [0, 0.05) is 17.9 Å². The van der Waals surface area contributed by atoms with Gasteiger partial charge in [-0.1, -0.05) is 17.9 Å². The monoisotopic (exact) mass is 208 g/mol. The number of benzene rings is 1. The van der Waals surface area contributed by atoms with E-state index in [1.165, 1.54) is 0 Å². The molecule has 14 heavy (non-hydrogen) atoms. The molecule has 0 fully saturated rings. The molecule has 2 heteroatoms. The zero-order valence-corrected chi connectivity index (χ0v) is 9.19. The van der Waals surface area contributed by atoms with Crippen molar-refractivity contribution in [2.24, 2.45) is 0 Å². The maximum Gasteiger partial charge on any atom is 0.120 e. The van der Waals surface area contributed by atoms with Crippen LogP contribution >= 0.6 is 11.6 Å². The smallest absolute Gasteiger partial charge is 0.120 e. The zero-order chi connectivity index (χ0) is 10.4. The van der Waals surface area contributed by atoms with Gasteiger partial charge in [0.25, 0.3) is 0 Å². The second kappa shape index (κ2) is 5.57. The summed E-state index contributed by atoms with van der Waals surface area (Å²) in [5.74, 6) is 7.50. The van der Waals surface area contributed by atoms with Gasteiger partial charge in [0.05, 0.1) is 7.11 Å². The molecular weight excluding hydrogens is 196 g/mol. The first-order chi connectivity index (χ1) is 6.77. The van der Waals surface area contributed by atoms with Gasteiger partial charge in [-0.15, -0.1) is 11.6 Å². The summed E-state index contributed by atoms with van der Waals surface area (Å²) in [5, 5.41) is 0. The lowest BCUT2D eigenvalue weighted by Crippen LogP contribution is -1.86. The quantitative estimate of drug-likeness (QED) is 0.537. The SMILES string of the molecule is COc1ccc(C)c(C#CCCCl)c1. The Morgan fingerprint density at radius 2 is 2.21 bits per heavy atom. The van der Waals surface area contributed by atoms with E-state index in [2.05, 4.69) is 11.8 Å². The molecule has 0 amide bonds. The molecule has 0 heterocycles. The lowest BCUT2D eigenvalue weighted by Gasteiger charge is -2.02. The van der Waals surface area contributed by atoms with Crippen LogP contribution in [0.15, 0.2) is 18.2 Å². The highest BCUT2D eigenvalue weighted by atomic mass is 35.5. The van der Waals surface area contributed by atoms with E-state index in [9.17, 15) is 0 Å². The summed E-state index contributed by atoms with van der Waals surface area (Å²) < 4.78 is 5.12. The number of aryl methyl sites for hydroxylation is 1. The molecule has 0 bridgehead atoms. The van der Waals surface area contributed by atoms with E-state index in [-0.39, 0.29) is 0 Å². The van der Waals surface area contributed by atoms with E-state index in [0.717, 1.165) is 23.3 Å². The molecule has 1 aromatic rings. The molecule has 1 aromatic carbocycles. The van der Waals surface area contributed by atoms with Gasteiger partial charge in [0.15, 0.2) is 0 Å². The first-order valence-corrected chi connectivity index (χ1v) is 5.01. The number of alkyl halides is 1. The Morgan fingerprint density at radius 3 is 2.86 bits per heavy atom. The molecule has 0 saturated heterocycles. The van der Waals surface area contributed by atoms with Crippen LogP contribution in [0, 0.1) is 18.8 Å². The van der Waals surface area contributed by atoms with Gasteiger partial charge in [0.1, 0.15) is 5.75 Å². The predicted octanol–water partition coefficient (Wildman–Crippen LogP) is 2.98. The second-order valence-corrected chi connectivity index (χ2v) is 3.30. The normalized spacial score (nSPS) is 9.07. The van der Waals surface area contributed by atoms with E-state index in [4.69, 9.17) is 16.3 Å². The maximum atomic E-state index is 5.54. The lowest BCUT2D eigenvalue weighted by atomic mass is 10.1. The van der Waals surface area contributed by atoms with Crippen molar-refractivity contribution in [3.63, 3.8) is 0 Å². The van der Waals surface area contributed by atoms with Crippen molar-refractivity contribution in [3.8, 4) is 17.6 Å². The third-order valence-corrected chi connectivity index (χ3v) is 2.08. The highest BCUT2D eigenvalue weighted by Gasteiger charge is 1.96. The van der Waals surface area contributed by atoms with Crippen molar-refractivity contribution < 1.29 is 4.74 Å². The first kappa shape index (κ1) is 10.9. The van der Waals surface area contributed by atoms with Crippen molar-refractivity contribution in [1.82, 2.24) is 0 Å². The number of methoxy groups -OCH3 is 1. The summed E-state index contributed by atoms with van der Waals surface area (Å²) in [7, 11) is 1.65. The molecular formula is C12H13ClO. The molecule has 0 unspecified atom stereocenters. The van der Waals surface area contributed by atoms with Gasteiger partial charge in [-0.25, -0.2) is 0 Å². The van der Waals surface area contributed by atoms with Crippen molar-refractivity contribution >= 4 is 11.6 Å². The first-order valence-electron chi connectivity index (χ1n) is 4.47. The molecule has 0 aliphatic heterocycles. The van der Waals surface area contributed by atoms with Gasteiger partial charge in [-0.3, -0.25) is 0 Å². The number of rotatable bonds is 2. The van der Waals surface area contributed by atoms with Crippen molar-refractivity contribution in [3.05, 3.63) is 29.3 Å². The van der Waals surface area contributed by atoms with Crippen LogP contribution in [0.2, 0.25) is 0 Å². The van der Waals surface area contributed by atoms with Crippen LogP contribution in [0.4, 0.5) is 0 Å². The standard InChI is InChI=1S/C12H13ClO/c1-10-6-7-12(14-2)9-11(10)5-3-4-8-13/h6-7,9H,4,8H2,1-2H3. The summed E-state index contributed by atoms with van der Waals surface area (Å²) in [6.45, 7) is 2.03. The summed E-state index contributed by atoms with van der Waals surface area (Å²) in [4.78, 5) is 0. The largest absolute Gasteiger partial charge is 0.497 e. The van der Waals surface area contributed by atoms with Gasteiger partial charge in [-0.05, 0) is 24.6 Å². The zero-order valence-electron chi connectivity index (χ0n) is 8.43. The number of halogens is 1. The van der Waals surface area contributed by atoms with E-state index in [1.807, 2.05) is 25.1 Å². The fraction of sp³-hybridized carbons (Fsp3) is 0.333. The lowest BCUT2D eigenvalue weighted by molar-refractivity contribution is 0.414. The molecule has 0 aliphatic rings. The minimum Gasteiger partial charge on any atom is -0.497 e. The number of ether oxygens (including phenoxy) is 1. The highest BCUT2D eigenvalue weighted by Crippen LogP contribution is 2.15. The Kier molecular flexibility index (Phi) is 4.35. The van der Waals surface area contributed by atoms with Crippen molar-refractivity contribution in [2.75, 3.05) is 13.0 Å². The van der Waals surface area contributed by atoms with Gasteiger partial charge in [0.2, 0.25) is 0 Å². The molecule has 0 radical (unpaired) electrons. The molecule has 1 rings (SSSR count). The minimum atomic E-state index is 0.579. The Hall–Kier alpha value is -1.13. The second-order valence-electron chi connectivity index (χ2n) is 2.92. The van der Waals surface area contributed by atoms with Gasteiger partial charge >= 0.3 is 0 Å². The Bertz CT molecular complexity index is 360. The minimum absolute atomic E-state index is 0.579. The Balaban J connectivity index is 2.91. The summed E-state index contributed by atoms with van der Waals surface area (Å²) >= 11 is 5.54. The molecule has 1 nitrogen and oxygen atoms in total. The molecule has 0 N–H and O–H groups in total. The predicted molar refractivity (Wildman–Crippen MR) is 59.9 cm³/mol. The fourth-order valence-corrected chi connectivity index (χ4v) is 1.16. The van der Waals surface area contributed by atoms with E-state index in [0.29, 0.717) is 5.88 Å². The summed E-state index contributed by atoms with van der Waals surface area (Å²) in [5.41, 5.74) is 2.17. The van der Waals surface area contributed by atoms with E-state index >= 15 is 0 Å². The average Bonchev–Trinajstić information content (AvgIpc) is 2.21. The molecule has 0 aliphatic carbocycles. The van der Waals surface area contributed by atoms with Crippen LogP contribution in [0.3, 0.4) is 0 Å². The number of hydrogen-bond acceptors (Lipinski definition) is 1. The van der Waals surface area contributed by atoms with Crippen LogP contribution in [0.25, 0.3) is 0 Å². The van der Waals surface area contributed by atoms with E-state index < -0.39 is 0 Å². The van der Waals surface area contributed by atoms with Crippen molar-refractivity contribution in [1.29, 1.82) is 0 Å². The molecule has 0 aromatic heterocycles. The molecule has 0 saturated carbocycles. The Morgan fingerprint density at radius 1 is 1.43 bits per heavy atom. The number of hydrogen-bond donors (Lipinski definition) is 0. The van der Waals surface area contributed by atoms with Crippen LogP contribution in [0.1, 0.15) is 17.5 Å². The van der Waals surface area contributed by atoms with Crippen LogP contribution in [-0.4, -0.2) is 13.0 Å². The van der Waals surface area contributed by atoms with Crippen LogP contribution < -0.4 is 4.74 Å². The third kappa shape index (κ3) is 2.97. The van der Waals surface area contributed by atoms with E-state index in [1.54, 1.807) is 7.11 Å². The highest BCUT2D eigenvalue weighted by molar-refractivity contribution is 6.18. The molecule has 0 atom stereocenters. The topological polar surface area (TPSA) is 9.23 Å². The van der Waals surface area contributed by atoms with Crippen LogP contribution in [0.5, 0.6) is 5.75 Å². The summed E-state index contributed by atoms with van der Waals surface area (Å²) in [6.07, 6.45) is 0.720. The van der Waals surface area contributed by atoms with Crippen LogP contribution in [-0.2, 0) is 0 Å². The maximum absolute atomic E-state index is 5.54. The third-order valence-electron chi connectivity index (χ3n) is 1.89. The van der Waals surface area contributed by atoms with Gasteiger partial charge < -0.3 is 4.74 Å².